The molecule has 172 valence electrons. The zero-order valence-corrected chi connectivity index (χ0v) is 19.2. The lowest BCUT2D eigenvalue weighted by Gasteiger charge is -2.43. The summed E-state index contributed by atoms with van der Waals surface area (Å²) in [6, 6.07) is 7.70. The molecule has 1 aromatic heterocycles. The number of amides is 2. The van der Waals surface area contributed by atoms with Gasteiger partial charge in [-0.1, -0.05) is 6.07 Å². The molecule has 3 heterocycles. The van der Waals surface area contributed by atoms with Crippen molar-refractivity contribution in [2.45, 2.75) is 58.0 Å². The van der Waals surface area contributed by atoms with Crippen molar-refractivity contribution in [2.75, 3.05) is 26.7 Å². The number of nitrogens with zero attached hydrogens (tertiary/aromatic N) is 4. The van der Waals surface area contributed by atoms with Crippen LogP contribution in [0.4, 0.5) is 0 Å². The van der Waals surface area contributed by atoms with Crippen LogP contribution >= 0.6 is 0 Å². The summed E-state index contributed by atoms with van der Waals surface area (Å²) in [5.74, 6) is 2.41. The molecule has 0 bridgehead atoms. The quantitative estimate of drug-likeness (QED) is 0.692. The van der Waals surface area contributed by atoms with E-state index in [1.165, 1.54) is 0 Å². The van der Waals surface area contributed by atoms with Crippen molar-refractivity contribution in [3.8, 4) is 5.75 Å². The Labute approximate surface area is 190 Å². The maximum atomic E-state index is 13.3. The number of carbonyl (C=O) groups is 2. The van der Waals surface area contributed by atoms with E-state index in [2.05, 4.69) is 9.88 Å². The SMILES string of the molecule is COc1cccc(C(=O)N2CCCCC2C2CCN(C(=O)CCn3ccnc3C)CC2)c1. The van der Waals surface area contributed by atoms with E-state index in [-0.39, 0.29) is 17.9 Å². The summed E-state index contributed by atoms with van der Waals surface area (Å²) in [7, 11) is 1.62. The topological polar surface area (TPSA) is 67.7 Å². The number of hydrogen-bond acceptors (Lipinski definition) is 4. The summed E-state index contributed by atoms with van der Waals surface area (Å²) in [4.78, 5) is 34.3. The van der Waals surface area contributed by atoms with Crippen LogP contribution in [-0.2, 0) is 11.3 Å². The van der Waals surface area contributed by atoms with Gasteiger partial charge in [-0.2, -0.15) is 0 Å². The second-order valence-electron chi connectivity index (χ2n) is 8.93. The van der Waals surface area contributed by atoms with Gasteiger partial charge in [0.1, 0.15) is 11.6 Å². The molecule has 2 aromatic rings. The zero-order valence-electron chi connectivity index (χ0n) is 19.2. The van der Waals surface area contributed by atoms with Gasteiger partial charge in [-0.25, -0.2) is 4.98 Å². The Kier molecular flexibility index (Phi) is 7.12. The first kappa shape index (κ1) is 22.4. The fourth-order valence-electron chi connectivity index (χ4n) is 5.17. The minimum absolute atomic E-state index is 0.0998. The number of benzene rings is 1. The van der Waals surface area contributed by atoms with Crippen molar-refractivity contribution in [1.29, 1.82) is 0 Å². The van der Waals surface area contributed by atoms with Gasteiger partial charge in [-0.3, -0.25) is 9.59 Å². The normalized spacial score (nSPS) is 19.8. The van der Waals surface area contributed by atoms with Gasteiger partial charge in [0.25, 0.3) is 5.91 Å². The number of ether oxygens (including phenoxy) is 1. The van der Waals surface area contributed by atoms with Crippen LogP contribution in [-0.4, -0.2) is 64.0 Å². The molecule has 0 N–H and O–H groups in total. The van der Waals surface area contributed by atoms with E-state index in [0.717, 1.165) is 57.6 Å². The summed E-state index contributed by atoms with van der Waals surface area (Å²) >= 11 is 0. The molecule has 7 nitrogen and oxygen atoms in total. The van der Waals surface area contributed by atoms with Crippen molar-refractivity contribution in [3.63, 3.8) is 0 Å². The minimum atomic E-state index is 0.0998. The molecule has 2 amide bonds. The molecule has 1 unspecified atom stereocenters. The fourth-order valence-corrected chi connectivity index (χ4v) is 5.17. The first-order valence-electron chi connectivity index (χ1n) is 11.8. The molecule has 0 aliphatic carbocycles. The van der Waals surface area contributed by atoms with E-state index in [0.29, 0.717) is 30.2 Å². The lowest BCUT2D eigenvalue weighted by atomic mass is 9.83. The monoisotopic (exact) mass is 438 g/mol. The summed E-state index contributed by atoms with van der Waals surface area (Å²) < 4.78 is 7.33. The summed E-state index contributed by atoms with van der Waals surface area (Å²) in [6.45, 7) is 5.01. The predicted octanol–water partition coefficient (Wildman–Crippen LogP) is 3.52. The van der Waals surface area contributed by atoms with Gasteiger partial charge < -0.3 is 19.1 Å². The zero-order chi connectivity index (χ0) is 22.5. The van der Waals surface area contributed by atoms with E-state index in [4.69, 9.17) is 4.74 Å². The summed E-state index contributed by atoms with van der Waals surface area (Å²) in [5, 5.41) is 0. The number of methoxy groups -OCH3 is 1. The summed E-state index contributed by atoms with van der Waals surface area (Å²) in [5.41, 5.74) is 0.693. The van der Waals surface area contributed by atoms with Crippen LogP contribution in [0, 0.1) is 12.8 Å². The lowest BCUT2D eigenvalue weighted by Crippen LogP contribution is -2.51. The van der Waals surface area contributed by atoms with E-state index < -0.39 is 0 Å². The van der Waals surface area contributed by atoms with Gasteiger partial charge in [-0.05, 0) is 63.1 Å². The van der Waals surface area contributed by atoms with Gasteiger partial charge in [0.05, 0.1) is 7.11 Å². The molecule has 0 spiro atoms. The van der Waals surface area contributed by atoms with Crippen LogP contribution in [0.1, 0.15) is 54.7 Å². The highest BCUT2D eigenvalue weighted by Gasteiger charge is 2.35. The van der Waals surface area contributed by atoms with Gasteiger partial charge in [0.2, 0.25) is 5.91 Å². The van der Waals surface area contributed by atoms with Crippen LogP contribution < -0.4 is 4.74 Å². The Balaban J connectivity index is 1.34. The van der Waals surface area contributed by atoms with E-state index in [9.17, 15) is 9.59 Å². The lowest BCUT2D eigenvalue weighted by molar-refractivity contribution is -0.133. The van der Waals surface area contributed by atoms with Crippen molar-refractivity contribution < 1.29 is 14.3 Å². The second-order valence-corrected chi connectivity index (χ2v) is 8.93. The van der Waals surface area contributed by atoms with Gasteiger partial charge in [0, 0.05) is 56.6 Å². The Bertz CT molecular complexity index is 933. The Morgan fingerprint density at radius 1 is 1.12 bits per heavy atom. The molecule has 0 radical (unpaired) electrons. The van der Waals surface area contributed by atoms with Crippen molar-refractivity contribution in [3.05, 3.63) is 48.0 Å². The fraction of sp³-hybridized carbons (Fsp3) is 0.560. The molecule has 2 aliphatic heterocycles. The van der Waals surface area contributed by atoms with Crippen molar-refractivity contribution >= 4 is 11.8 Å². The molecule has 4 rings (SSSR count). The van der Waals surface area contributed by atoms with Crippen molar-refractivity contribution in [2.24, 2.45) is 5.92 Å². The molecule has 32 heavy (non-hydrogen) atoms. The van der Waals surface area contributed by atoms with Crippen molar-refractivity contribution in [1.82, 2.24) is 19.4 Å². The number of piperidine rings is 2. The molecule has 0 saturated carbocycles. The third-order valence-corrected chi connectivity index (χ3v) is 7.05. The van der Waals surface area contributed by atoms with Gasteiger partial charge in [-0.15, -0.1) is 0 Å². The predicted molar refractivity (Wildman–Crippen MR) is 123 cm³/mol. The van der Waals surface area contributed by atoms with Crippen LogP contribution in [0.15, 0.2) is 36.7 Å². The van der Waals surface area contributed by atoms with Crippen LogP contribution in [0.3, 0.4) is 0 Å². The highest BCUT2D eigenvalue weighted by Crippen LogP contribution is 2.32. The molecular weight excluding hydrogens is 404 g/mol. The Morgan fingerprint density at radius 3 is 2.66 bits per heavy atom. The molecule has 1 atom stereocenters. The average molecular weight is 439 g/mol. The van der Waals surface area contributed by atoms with Crippen LogP contribution in [0.25, 0.3) is 0 Å². The first-order valence-corrected chi connectivity index (χ1v) is 11.8. The summed E-state index contributed by atoms with van der Waals surface area (Å²) in [6.07, 6.45) is 9.39. The third kappa shape index (κ3) is 4.97. The van der Waals surface area contributed by atoms with Crippen LogP contribution in [0.5, 0.6) is 5.75 Å². The average Bonchev–Trinajstić information content (AvgIpc) is 3.26. The minimum Gasteiger partial charge on any atom is -0.497 e. The largest absolute Gasteiger partial charge is 0.497 e. The first-order chi connectivity index (χ1) is 15.6. The van der Waals surface area contributed by atoms with Gasteiger partial charge in [0.15, 0.2) is 0 Å². The smallest absolute Gasteiger partial charge is 0.254 e. The number of hydrogen-bond donors (Lipinski definition) is 0. The molecular formula is C25H34N4O3. The number of carbonyl (C=O) groups excluding carboxylic acids is 2. The highest BCUT2D eigenvalue weighted by atomic mass is 16.5. The second kappa shape index (κ2) is 10.2. The highest BCUT2D eigenvalue weighted by molar-refractivity contribution is 5.95. The van der Waals surface area contributed by atoms with E-state index in [1.807, 2.05) is 46.9 Å². The standard InChI is InChI=1S/C25H34N4O3/c1-19-26-12-17-27(19)16-11-24(30)28-14-9-20(10-15-28)23-8-3-4-13-29(23)25(31)21-6-5-7-22(18-21)32-2/h5-7,12,17-18,20,23H,3-4,8-11,13-16H2,1-2H3. The molecule has 2 saturated heterocycles. The number of aryl methyl sites for hydroxylation is 2. The number of likely N-dealkylation sites (tertiary alicyclic amines) is 2. The maximum Gasteiger partial charge on any atom is 0.254 e. The van der Waals surface area contributed by atoms with Crippen LogP contribution in [0.2, 0.25) is 0 Å². The number of aromatic nitrogens is 2. The van der Waals surface area contributed by atoms with Gasteiger partial charge >= 0.3 is 0 Å². The molecule has 2 fully saturated rings. The Hall–Kier alpha value is -2.83. The molecule has 2 aliphatic rings. The Morgan fingerprint density at radius 2 is 1.94 bits per heavy atom. The maximum absolute atomic E-state index is 13.3. The molecule has 1 aromatic carbocycles. The number of rotatable bonds is 6. The number of imidazole rings is 1. The van der Waals surface area contributed by atoms with E-state index >= 15 is 0 Å². The third-order valence-electron chi connectivity index (χ3n) is 7.05. The molecule has 7 heteroatoms. The van der Waals surface area contributed by atoms with E-state index in [1.54, 1.807) is 13.3 Å².